The van der Waals surface area contributed by atoms with Crippen molar-refractivity contribution in [3.05, 3.63) is 36.1 Å². The molecule has 0 spiro atoms. The van der Waals surface area contributed by atoms with Crippen LogP contribution in [0.5, 0.6) is 0 Å². The van der Waals surface area contributed by atoms with Crippen LogP contribution in [-0.2, 0) is 9.47 Å². The Bertz CT molecular complexity index is 498. The highest BCUT2D eigenvalue weighted by Gasteiger charge is 2.31. The van der Waals surface area contributed by atoms with Crippen molar-refractivity contribution >= 4 is 6.09 Å². The summed E-state index contributed by atoms with van der Waals surface area (Å²) in [6.07, 6.45) is 7.03. The molecule has 1 rings (SSSR count). The van der Waals surface area contributed by atoms with Crippen molar-refractivity contribution in [2.45, 2.75) is 58.4 Å². The Morgan fingerprint density at radius 2 is 2.12 bits per heavy atom. The van der Waals surface area contributed by atoms with Gasteiger partial charge in [0.15, 0.2) is 0 Å². The zero-order valence-electron chi connectivity index (χ0n) is 14.7. The summed E-state index contributed by atoms with van der Waals surface area (Å²) in [5, 5.41) is 0. The van der Waals surface area contributed by atoms with Gasteiger partial charge < -0.3 is 14.4 Å². The van der Waals surface area contributed by atoms with Crippen molar-refractivity contribution in [2.24, 2.45) is 0 Å². The zero-order valence-corrected chi connectivity index (χ0v) is 14.7. The van der Waals surface area contributed by atoms with E-state index in [9.17, 15) is 18.0 Å². The molecule has 25 heavy (non-hydrogen) atoms. The Kier molecular flexibility index (Phi) is 9.16. The minimum atomic E-state index is -4.73. The Labute approximate surface area is 147 Å². The number of unbranched alkanes of at least 4 members (excludes halogenated alkanes) is 3. The largest absolute Gasteiger partial charge is 0.573 e. The fourth-order valence-corrected chi connectivity index (χ4v) is 2.45. The lowest BCUT2D eigenvalue weighted by Gasteiger charge is -2.10. The second kappa shape index (κ2) is 10.8. The van der Waals surface area contributed by atoms with E-state index < -0.39 is 6.36 Å². The van der Waals surface area contributed by atoms with Crippen LogP contribution in [0.2, 0.25) is 0 Å². The number of alkyl halides is 3. The van der Waals surface area contributed by atoms with Gasteiger partial charge in [0.2, 0.25) is 0 Å². The highest BCUT2D eigenvalue weighted by atomic mass is 19.4. The van der Waals surface area contributed by atoms with Crippen LogP contribution in [0.1, 0.15) is 46.0 Å². The molecule has 7 heteroatoms. The van der Waals surface area contributed by atoms with E-state index in [1.54, 1.807) is 13.0 Å². The molecule has 1 aliphatic heterocycles. The molecule has 1 unspecified atom stereocenters. The van der Waals surface area contributed by atoms with Gasteiger partial charge in [0, 0.05) is 6.54 Å². The smallest absolute Gasteiger partial charge is 0.444 e. The molecule has 4 nitrogen and oxygen atoms in total. The van der Waals surface area contributed by atoms with Crippen LogP contribution in [0.25, 0.3) is 0 Å². The minimum absolute atomic E-state index is 0.0968. The first-order valence-corrected chi connectivity index (χ1v) is 8.56. The summed E-state index contributed by atoms with van der Waals surface area (Å²) in [6.45, 7) is 4.54. The van der Waals surface area contributed by atoms with Gasteiger partial charge in [-0.25, -0.2) is 4.79 Å². The molecule has 1 heterocycles. The maximum absolute atomic E-state index is 12.2. The lowest BCUT2D eigenvalue weighted by molar-refractivity contribution is -0.303. The van der Waals surface area contributed by atoms with E-state index in [-0.39, 0.29) is 24.5 Å². The summed E-state index contributed by atoms with van der Waals surface area (Å²) in [7, 11) is 0. The number of allylic oxidation sites excluding steroid dienone is 4. The normalized spacial score (nSPS) is 19.2. The first-order chi connectivity index (χ1) is 11.9. The molecule has 1 aliphatic rings. The Balaban J connectivity index is 2.44. The SMILES string of the molecule is C\C=C/C(=C\C=C\CN1CC(CCCCCC)OC1=O)OC(F)(F)F. The maximum Gasteiger partial charge on any atom is 0.573 e. The molecule has 0 bridgehead atoms. The third kappa shape index (κ3) is 9.22. The molecule has 1 amide bonds. The molecule has 0 aromatic carbocycles. The summed E-state index contributed by atoms with van der Waals surface area (Å²) >= 11 is 0. The van der Waals surface area contributed by atoms with Crippen LogP contribution in [-0.4, -0.2) is 36.5 Å². The zero-order chi connectivity index (χ0) is 18.7. The molecule has 1 atom stereocenters. The van der Waals surface area contributed by atoms with Crippen LogP contribution in [0.15, 0.2) is 36.1 Å². The third-order valence-electron chi connectivity index (χ3n) is 3.62. The van der Waals surface area contributed by atoms with Crippen molar-refractivity contribution in [1.82, 2.24) is 4.90 Å². The van der Waals surface area contributed by atoms with Gasteiger partial charge in [0.05, 0.1) is 6.54 Å². The summed E-state index contributed by atoms with van der Waals surface area (Å²) in [5.41, 5.74) is 0. The lowest BCUT2D eigenvalue weighted by atomic mass is 10.1. The number of nitrogens with zero attached hydrogens (tertiary/aromatic N) is 1. The molecule has 0 aliphatic carbocycles. The number of amides is 1. The van der Waals surface area contributed by atoms with Crippen molar-refractivity contribution in [3.8, 4) is 0 Å². The van der Waals surface area contributed by atoms with Gasteiger partial charge >= 0.3 is 12.5 Å². The van der Waals surface area contributed by atoms with E-state index >= 15 is 0 Å². The molecule has 0 radical (unpaired) electrons. The number of hydrogen-bond acceptors (Lipinski definition) is 3. The number of carbonyl (C=O) groups is 1. The Hall–Kier alpha value is -1.92. The van der Waals surface area contributed by atoms with Crippen molar-refractivity contribution < 1.29 is 27.4 Å². The number of ether oxygens (including phenoxy) is 2. The van der Waals surface area contributed by atoms with Gasteiger partial charge in [-0.2, -0.15) is 0 Å². The van der Waals surface area contributed by atoms with Gasteiger partial charge in [-0.3, -0.25) is 0 Å². The maximum atomic E-state index is 12.2. The summed E-state index contributed by atoms with van der Waals surface area (Å²) in [5.74, 6) is -0.316. The van der Waals surface area contributed by atoms with Gasteiger partial charge in [-0.1, -0.05) is 44.4 Å². The summed E-state index contributed by atoms with van der Waals surface area (Å²) in [6, 6.07) is 0. The highest BCUT2D eigenvalue weighted by Crippen LogP contribution is 2.21. The van der Waals surface area contributed by atoms with E-state index in [0.29, 0.717) is 6.54 Å². The fourth-order valence-electron chi connectivity index (χ4n) is 2.45. The number of cyclic esters (lactones) is 1. The van der Waals surface area contributed by atoms with Crippen molar-refractivity contribution in [1.29, 1.82) is 0 Å². The predicted octanol–water partition coefficient (Wildman–Crippen LogP) is 5.33. The topological polar surface area (TPSA) is 38.8 Å². The average molecular weight is 361 g/mol. The standard InChI is InChI=1S/C18H26F3NO3/c1-3-5-6-7-12-16-14-22(17(23)24-16)13-9-8-11-15(10-4-2)25-18(19,20)21/h4,8-11,16H,3,5-7,12-14H2,1-2H3/b9-8+,10-4-,15-11+. The Morgan fingerprint density at radius 3 is 2.76 bits per heavy atom. The molecule has 0 aromatic rings. The van der Waals surface area contributed by atoms with Crippen molar-refractivity contribution in [2.75, 3.05) is 13.1 Å². The molecule has 0 aromatic heterocycles. The van der Waals surface area contributed by atoms with Gasteiger partial charge in [0.25, 0.3) is 0 Å². The second-order valence-electron chi connectivity index (χ2n) is 5.81. The van der Waals surface area contributed by atoms with Crippen molar-refractivity contribution in [3.63, 3.8) is 0 Å². The summed E-state index contributed by atoms with van der Waals surface area (Å²) < 4.78 is 45.9. The first kappa shape index (κ1) is 21.1. The van der Waals surface area contributed by atoms with Crippen LogP contribution in [0.3, 0.4) is 0 Å². The highest BCUT2D eigenvalue weighted by molar-refractivity contribution is 5.70. The van der Waals surface area contributed by atoms with Gasteiger partial charge in [-0.05, 0) is 31.9 Å². The van der Waals surface area contributed by atoms with Crippen LogP contribution < -0.4 is 0 Å². The number of rotatable bonds is 10. The number of hydrogen-bond donors (Lipinski definition) is 0. The van der Waals surface area contributed by atoms with E-state index in [1.807, 2.05) is 0 Å². The fraction of sp³-hybridized carbons (Fsp3) is 0.611. The number of halogens is 3. The third-order valence-corrected chi connectivity index (χ3v) is 3.62. The van der Waals surface area contributed by atoms with Crippen LogP contribution >= 0.6 is 0 Å². The van der Waals surface area contributed by atoms with Crippen LogP contribution in [0.4, 0.5) is 18.0 Å². The lowest BCUT2D eigenvalue weighted by Crippen LogP contribution is -2.25. The molecule has 1 saturated heterocycles. The van der Waals surface area contributed by atoms with Gasteiger partial charge in [0.1, 0.15) is 11.9 Å². The minimum Gasteiger partial charge on any atom is -0.444 e. The molecular weight excluding hydrogens is 335 g/mol. The van der Waals surface area contributed by atoms with Gasteiger partial charge in [-0.15, -0.1) is 13.2 Å². The molecule has 1 fully saturated rings. The van der Waals surface area contributed by atoms with Crippen LogP contribution in [0, 0.1) is 0 Å². The molecular formula is C18H26F3NO3. The van der Waals surface area contributed by atoms with E-state index in [1.165, 1.54) is 35.6 Å². The molecule has 0 saturated carbocycles. The first-order valence-electron chi connectivity index (χ1n) is 8.56. The van der Waals surface area contributed by atoms with E-state index in [0.717, 1.165) is 25.7 Å². The van der Waals surface area contributed by atoms with E-state index in [4.69, 9.17) is 4.74 Å². The molecule has 142 valence electrons. The number of carbonyl (C=O) groups excluding carboxylic acids is 1. The Morgan fingerprint density at radius 1 is 1.36 bits per heavy atom. The van der Waals surface area contributed by atoms with E-state index in [2.05, 4.69) is 11.7 Å². The monoisotopic (exact) mass is 361 g/mol. The predicted molar refractivity (Wildman–Crippen MR) is 89.8 cm³/mol. The summed E-state index contributed by atoms with van der Waals surface area (Å²) in [4.78, 5) is 13.3. The second-order valence-corrected chi connectivity index (χ2v) is 5.81. The quantitative estimate of drug-likeness (QED) is 0.300. The average Bonchev–Trinajstić information content (AvgIpc) is 2.87. The molecule has 0 N–H and O–H groups in total.